The highest BCUT2D eigenvalue weighted by Crippen LogP contribution is 2.40. The van der Waals surface area contributed by atoms with Gasteiger partial charge in [0.05, 0.1) is 23.5 Å². The van der Waals surface area contributed by atoms with Gasteiger partial charge in [0.15, 0.2) is 11.6 Å². The van der Waals surface area contributed by atoms with Crippen LogP contribution in [0.1, 0.15) is 75.9 Å². The van der Waals surface area contributed by atoms with Gasteiger partial charge in [0.25, 0.3) is 11.8 Å². The molecular formula is C33H39N5O5. The van der Waals surface area contributed by atoms with E-state index < -0.39 is 18.2 Å². The molecule has 2 saturated carbocycles. The van der Waals surface area contributed by atoms with Crippen LogP contribution in [0.5, 0.6) is 0 Å². The summed E-state index contributed by atoms with van der Waals surface area (Å²) in [5.41, 5.74) is 5.60. The number of carbonyl (C=O) groups excluding carboxylic acids is 2. The lowest BCUT2D eigenvalue weighted by atomic mass is 9.86. The van der Waals surface area contributed by atoms with Gasteiger partial charge in [0.1, 0.15) is 12.4 Å². The summed E-state index contributed by atoms with van der Waals surface area (Å²) in [5.74, 6) is 0.342. The minimum atomic E-state index is -0.963. The Kier molecular flexibility index (Phi) is 7.34. The second-order valence-electron chi connectivity index (χ2n) is 12.4. The summed E-state index contributed by atoms with van der Waals surface area (Å²) in [6, 6.07) is 11.8. The monoisotopic (exact) mass is 585 g/mol. The summed E-state index contributed by atoms with van der Waals surface area (Å²) in [6.45, 7) is 5.80. The first kappa shape index (κ1) is 27.9. The van der Waals surface area contributed by atoms with Crippen molar-refractivity contribution in [2.75, 3.05) is 47.8 Å². The van der Waals surface area contributed by atoms with Crippen molar-refractivity contribution in [3.8, 4) is 0 Å². The molecule has 2 amide bonds. The van der Waals surface area contributed by atoms with E-state index in [1.165, 1.54) is 17.5 Å². The molecular weight excluding hydrogens is 546 g/mol. The van der Waals surface area contributed by atoms with E-state index in [0.717, 1.165) is 56.7 Å². The quantitative estimate of drug-likeness (QED) is 0.400. The van der Waals surface area contributed by atoms with Crippen molar-refractivity contribution in [2.45, 2.75) is 69.6 Å². The van der Waals surface area contributed by atoms with Crippen molar-refractivity contribution in [2.24, 2.45) is 0 Å². The van der Waals surface area contributed by atoms with Crippen LogP contribution in [0, 0.1) is 6.92 Å². The van der Waals surface area contributed by atoms with E-state index >= 15 is 0 Å². The van der Waals surface area contributed by atoms with Crippen LogP contribution in [0.3, 0.4) is 0 Å². The number of rotatable bonds is 6. The molecule has 10 heteroatoms. The molecule has 0 bridgehead atoms. The van der Waals surface area contributed by atoms with Crippen molar-refractivity contribution < 1.29 is 24.2 Å². The van der Waals surface area contributed by atoms with Gasteiger partial charge in [-0.3, -0.25) is 9.59 Å². The number of piperazine rings is 1. The fourth-order valence-corrected chi connectivity index (χ4v) is 6.89. The minimum absolute atomic E-state index is 0.178. The Morgan fingerprint density at radius 1 is 0.977 bits per heavy atom. The third-order valence-electron chi connectivity index (χ3n) is 9.53. The highest BCUT2D eigenvalue weighted by molar-refractivity contribution is 6.06. The number of fused-ring (bicyclic) bond motifs is 1. The average molecular weight is 586 g/mol. The first-order chi connectivity index (χ1) is 20.9. The molecule has 0 spiro atoms. The predicted octanol–water partition coefficient (Wildman–Crippen LogP) is 3.71. The molecule has 3 fully saturated rings. The molecule has 4 aliphatic rings. The van der Waals surface area contributed by atoms with E-state index in [9.17, 15) is 19.8 Å². The summed E-state index contributed by atoms with van der Waals surface area (Å²) in [7, 11) is 0. The minimum Gasteiger partial charge on any atom is -0.448 e. The number of amides is 2. The zero-order valence-corrected chi connectivity index (χ0v) is 24.5. The standard InChI is InChI=1S/C33H39N5O5/c1-20-5-2-3-6-26(20)36-13-15-37(16-14-36)28-17-22-11-12-38(27-7-4-8-29(39)30(27)40)33(42)23(22)18-24(28)34-31(41)25-19-43-32(35-25)21-9-10-21/h2-3,5-6,17-19,21,27,29-30,39-40H,4,7-16H2,1H3,(H,34,41)/t27?,29-,30+/m0/s1. The number of aliphatic hydroxyl groups excluding tert-OH is 2. The van der Waals surface area contributed by atoms with Crippen LogP contribution in [-0.2, 0) is 6.42 Å². The summed E-state index contributed by atoms with van der Waals surface area (Å²) < 4.78 is 5.57. The lowest BCUT2D eigenvalue weighted by molar-refractivity contribution is -0.0578. The molecule has 3 heterocycles. The van der Waals surface area contributed by atoms with Crippen LogP contribution in [0.4, 0.5) is 17.1 Å². The molecule has 2 aliphatic carbocycles. The maximum absolute atomic E-state index is 13.9. The Morgan fingerprint density at radius 2 is 1.72 bits per heavy atom. The van der Waals surface area contributed by atoms with Crippen molar-refractivity contribution in [1.29, 1.82) is 0 Å². The van der Waals surface area contributed by atoms with Crippen molar-refractivity contribution in [3.05, 3.63) is 70.9 Å². The number of para-hydroxylation sites is 1. The number of aliphatic hydroxyl groups is 2. The number of nitrogens with zero attached hydrogens (tertiary/aromatic N) is 4. The van der Waals surface area contributed by atoms with Crippen molar-refractivity contribution in [1.82, 2.24) is 9.88 Å². The van der Waals surface area contributed by atoms with Gasteiger partial charge in [-0.25, -0.2) is 4.98 Å². The van der Waals surface area contributed by atoms with E-state index in [1.807, 2.05) is 6.07 Å². The molecule has 1 unspecified atom stereocenters. The molecule has 0 radical (unpaired) electrons. The third-order valence-corrected chi connectivity index (χ3v) is 9.53. The largest absolute Gasteiger partial charge is 0.448 e. The summed E-state index contributed by atoms with van der Waals surface area (Å²) in [6.07, 6.45) is 4.26. The first-order valence-corrected chi connectivity index (χ1v) is 15.5. The number of carbonyl (C=O) groups is 2. The molecule has 7 rings (SSSR count). The predicted molar refractivity (Wildman–Crippen MR) is 163 cm³/mol. The lowest BCUT2D eigenvalue weighted by Crippen LogP contribution is -2.55. The molecule has 3 atom stereocenters. The van der Waals surface area contributed by atoms with E-state index in [1.54, 1.807) is 11.0 Å². The molecule has 1 saturated heterocycles. The number of oxazole rings is 1. The number of hydrogen-bond donors (Lipinski definition) is 3. The Labute approximate surface area is 251 Å². The molecule has 2 aromatic carbocycles. The SMILES string of the molecule is Cc1ccccc1N1CCN(c2cc3c(cc2NC(=O)c2coc(C4CC4)n2)C(=O)N(C2CCC[C@H](O)[C@@H]2O)CC3)CC1. The average Bonchev–Trinajstić information content (AvgIpc) is 3.75. The maximum atomic E-state index is 13.9. The number of anilines is 3. The molecule has 43 heavy (non-hydrogen) atoms. The number of hydrogen-bond acceptors (Lipinski definition) is 8. The summed E-state index contributed by atoms with van der Waals surface area (Å²) in [4.78, 5) is 38.1. The number of aryl methyl sites for hydroxylation is 1. The number of benzene rings is 2. The van der Waals surface area contributed by atoms with Crippen LogP contribution in [0.2, 0.25) is 0 Å². The summed E-state index contributed by atoms with van der Waals surface area (Å²) in [5, 5.41) is 24.0. The van der Waals surface area contributed by atoms with Gasteiger partial charge in [0, 0.05) is 49.9 Å². The Bertz CT molecular complexity index is 1530. The van der Waals surface area contributed by atoms with Crippen LogP contribution >= 0.6 is 0 Å². The van der Waals surface area contributed by atoms with Crippen LogP contribution in [-0.4, -0.2) is 82.9 Å². The maximum Gasteiger partial charge on any atom is 0.277 e. The second-order valence-corrected chi connectivity index (χ2v) is 12.4. The third kappa shape index (κ3) is 5.38. The van der Waals surface area contributed by atoms with Gasteiger partial charge in [-0.1, -0.05) is 18.2 Å². The Balaban J connectivity index is 1.18. The fraction of sp³-hybridized carbons (Fsp3) is 0.485. The lowest BCUT2D eigenvalue weighted by Gasteiger charge is -2.42. The van der Waals surface area contributed by atoms with Gasteiger partial charge >= 0.3 is 0 Å². The first-order valence-electron chi connectivity index (χ1n) is 15.5. The summed E-state index contributed by atoms with van der Waals surface area (Å²) >= 11 is 0. The van der Waals surface area contributed by atoms with Crippen LogP contribution in [0.25, 0.3) is 0 Å². The van der Waals surface area contributed by atoms with Gasteiger partial charge < -0.3 is 34.6 Å². The molecule has 3 aromatic rings. The second kappa shape index (κ2) is 11.3. The van der Waals surface area contributed by atoms with Gasteiger partial charge in [-0.05, 0) is 74.8 Å². The zero-order valence-electron chi connectivity index (χ0n) is 24.5. The van der Waals surface area contributed by atoms with E-state index in [4.69, 9.17) is 4.42 Å². The van der Waals surface area contributed by atoms with Gasteiger partial charge in [0.2, 0.25) is 0 Å². The fourth-order valence-electron chi connectivity index (χ4n) is 6.89. The number of nitrogens with one attached hydrogen (secondary N) is 1. The van der Waals surface area contributed by atoms with E-state index in [2.05, 4.69) is 51.3 Å². The van der Waals surface area contributed by atoms with Crippen LogP contribution < -0.4 is 15.1 Å². The highest BCUT2D eigenvalue weighted by atomic mass is 16.3. The van der Waals surface area contributed by atoms with Crippen molar-refractivity contribution in [3.63, 3.8) is 0 Å². The Hall–Kier alpha value is -3.89. The van der Waals surface area contributed by atoms with Crippen LogP contribution in [0.15, 0.2) is 47.1 Å². The zero-order chi connectivity index (χ0) is 29.7. The van der Waals surface area contributed by atoms with Gasteiger partial charge in [-0.2, -0.15) is 0 Å². The molecule has 1 aromatic heterocycles. The topological polar surface area (TPSA) is 122 Å². The molecule has 226 valence electrons. The molecule has 3 N–H and O–H groups in total. The Morgan fingerprint density at radius 3 is 2.47 bits per heavy atom. The number of aromatic nitrogens is 1. The van der Waals surface area contributed by atoms with E-state index in [-0.39, 0.29) is 17.5 Å². The highest BCUT2D eigenvalue weighted by Gasteiger charge is 2.39. The smallest absolute Gasteiger partial charge is 0.277 e. The normalized spacial score (nSPS) is 24.2. The van der Waals surface area contributed by atoms with Crippen molar-refractivity contribution >= 4 is 28.9 Å². The molecule has 10 nitrogen and oxygen atoms in total. The van der Waals surface area contributed by atoms with E-state index in [0.29, 0.717) is 48.9 Å². The molecule has 2 aliphatic heterocycles. The van der Waals surface area contributed by atoms with Gasteiger partial charge in [-0.15, -0.1) is 0 Å².